The molecule has 1 rings (SSSR count). The van der Waals surface area contributed by atoms with E-state index in [-0.39, 0.29) is 26.4 Å². The molecule has 20 heavy (non-hydrogen) atoms. The SMILES string of the molecule is NC(=O)CCC(NS(=O)(=O)c1cc(Cl)sc1Cl)C(=O)O. The van der Waals surface area contributed by atoms with Crippen molar-refractivity contribution in [3.63, 3.8) is 0 Å². The van der Waals surface area contributed by atoms with E-state index in [0.717, 1.165) is 17.4 Å². The Morgan fingerprint density at radius 3 is 2.45 bits per heavy atom. The maximum atomic E-state index is 12.0. The topological polar surface area (TPSA) is 127 Å². The van der Waals surface area contributed by atoms with Crippen molar-refractivity contribution in [1.29, 1.82) is 0 Å². The average molecular weight is 361 g/mol. The molecule has 7 nitrogen and oxygen atoms in total. The first-order chi connectivity index (χ1) is 9.13. The molecule has 0 saturated carbocycles. The van der Waals surface area contributed by atoms with Gasteiger partial charge in [-0.3, -0.25) is 9.59 Å². The fourth-order valence-electron chi connectivity index (χ4n) is 1.28. The normalized spacial score (nSPS) is 13.1. The van der Waals surface area contributed by atoms with Crippen molar-refractivity contribution in [1.82, 2.24) is 4.72 Å². The molecule has 112 valence electrons. The second-order valence-corrected chi connectivity index (χ2v) is 7.67. The summed E-state index contributed by atoms with van der Waals surface area (Å²) in [5, 5.41) is 8.94. The van der Waals surface area contributed by atoms with Crippen LogP contribution in [0.15, 0.2) is 11.0 Å². The van der Waals surface area contributed by atoms with Gasteiger partial charge in [0.2, 0.25) is 15.9 Å². The summed E-state index contributed by atoms with van der Waals surface area (Å²) >= 11 is 12.2. The largest absolute Gasteiger partial charge is 0.480 e. The van der Waals surface area contributed by atoms with Gasteiger partial charge in [-0.05, 0) is 12.5 Å². The van der Waals surface area contributed by atoms with Crippen molar-refractivity contribution in [2.75, 3.05) is 0 Å². The summed E-state index contributed by atoms with van der Waals surface area (Å²) in [6.45, 7) is 0. The zero-order valence-electron chi connectivity index (χ0n) is 9.80. The van der Waals surface area contributed by atoms with E-state index in [1.807, 2.05) is 4.72 Å². The smallest absolute Gasteiger partial charge is 0.321 e. The molecule has 0 aliphatic carbocycles. The number of aliphatic carboxylic acids is 1. The second-order valence-electron chi connectivity index (χ2n) is 3.71. The molecule has 0 radical (unpaired) electrons. The highest BCUT2D eigenvalue weighted by Gasteiger charge is 2.28. The van der Waals surface area contributed by atoms with E-state index < -0.39 is 27.9 Å². The van der Waals surface area contributed by atoms with Gasteiger partial charge in [-0.1, -0.05) is 23.2 Å². The summed E-state index contributed by atoms with van der Waals surface area (Å²) in [6.07, 6.45) is -0.531. The van der Waals surface area contributed by atoms with Crippen LogP contribution in [-0.2, 0) is 19.6 Å². The van der Waals surface area contributed by atoms with Gasteiger partial charge in [0.25, 0.3) is 0 Å². The summed E-state index contributed by atoms with van der Waals surface area (Å²) in [7, 11) is -4.15. The molecule has 0 aliphatic heterocycles. The minimum Gasteiger partial charge on any atom is -0.480 e. The van der Waals surface area contributed by atoms with Crippen LogP contribution in [-0.4, -0.2) is 31.4 Å². The van der Waals surface area contributed by atoms with E-state index in [4.69, 9.17) is 34.0 Å². The zero-order valence-corrected chi connectivity index (χ0v) is 12.9. The molecule has 4 N–H and O–H groups in total. The number of rotatable bonds is 7. The number of primary amides is 1. The summed E-state index contributed by atoms with van der Waals surface area (Å²) in [6, 6.07) is -0.369. The average Bonchev–Trinajstić information content (AvgIpc) is 2.64. The first-order valence-electron chi connectivity index (χ1n) is 5.11. The molecule has 1 heterocycles. The van der Waals surface area contributed by atoms with E-state index in [9.17, 15) is 18.0 Å². The molecule has 0 fully saturated rings. The van der Waals surface area contributed by atoms with Crippen LogP contribution < -0.4 is 10.5 Å². The molecule has 0 spiro atoms. The highest BCUT2D eigenvalue weighted by Crippen LogP contribution is 2.34. The number of halogens is 2. The molecule has 1 aromatic heterocycles. The van der Waals surface area contributed by atoms with E-state index in [0.29, 0.717) is 0 Å². The third-order valence-electron chi connectivity index (χ3n) is 2.19. The van der Waals surface area contributed by atoms with Gasteiger partial charge in [-0.2, -0.15) is 4.72 Å². The molecule has 0 bridgehead atoms. The summed E-state index contributed by atoms with van der Waals surface area (Å²) < 4.78 is 26.0. The van der Waals surface area contributed by atoms with E-state index in [2.05, 4.69) is 0 Å². The van der Waals surface area contributed by atoms with E-state index >= 15 is 0 Å². The lowest BCUT2D eigenvalue weighted by molar-refractivity contribution is -0.139. The Morgan fingerprint density at radius 1 is 1.45 bits per heavy atom. The number of hydrogen-bond acceptors (Lipinski definition) is 5. The van der Waals surface area contributed by atoms with Gasteiger partial charge >= 0.3 is 5.97 Å². The number of carboxylic acid groups (broad SMARTS) is 1. The van der Waals surface area contributed by atoms with E-state index in [1.165, 1.54) is 0 Å². The number of carboxylic acids is 1. The molecule has 11 heteroatoms. The van der Waals surface area contributed by atoms with Crippen LogP contribution in [0.25, 0.3) is 0 Å². The molecule has 0 aromatic carbocycles. The van der Waals surface area contributed by atoms with Crippen molar-refractivity contribution in [3.8, 4) is 0 Å². The van der Waals surface area contributed by atoms with Crippen LogP contribution in [0, 0.1) is 0 Å². The number of amides is 1. The third-order valence-corrected chi connectivity index (χ3v) is 5.41. The predicted molar refractivity (Wildman–Crippen MR) is 74.5 cm³/mol. The quantitative estimate of drug-likeness (QED) is 0.669. The molecule has 1 amide bonds. The number of hydrogen-bond donors (Lipinski definition) is 3. The number of sulfonamides is 1. The van der Waals surface area contributed by atoms with Crippen LogP contribution >= 0.6 is 34.5 Å². The first kappa shape index (κ1) is 17.2. The standard InChI is InChI=1S/C9H10Cl2N2O5S2/c10-6-3-5(8(11)19-6)20(17,18)13-4(9(15)16)1-2-7(12)14/h3-4,13H,1-2H2,(H2,12,14)(H,15,16). The van der Waals surface area contributed by atoms with Gasteiger partial charge in [0.15, 0.2) is 0 Å². The first-order valence-corrected chi connectivity index (χ1v) is 8.17. The molecule has 1 atom stereocenters. The van der Waals surface area contributed by atoms with Crippen LogP contribution in [0.3, 0.4) is 0 Å². The van der Waals surface area contributed by atoms with Crippen molar-refractivity contribution >= 4 is 56.4 Å². The van der Waals surface area contributed by atoms with Gasteiger partial charge in [-0.15, -0.1) is 11.3 Å². The zero-order chi connectivity index (χ0) is 15.5. The lowest BCUT2D eigenvalue weighted by Gasteiger charge is -2.13. The maximum absolute atomic E-state index is 12.0. The highest BCUT2D eigenvalue weighted by atomic mass is 35.5. The molecule has 1 unspecified atom stereocenters. The Balaban J connectivity index is 2.94. The second kappa shape index (κ2) is 6.72. The van der Waals surface area contributed by atoms with Gasteiger partial charge < -0.3 is 10.8 Å². The third kappa shape index (κ3) is 4.60. The Bertz CT molecular complexity index is 628. The van der Waals surface area contributed by atoms with Crippen molar-refractivity contribution < 1.29 is 23.1 Å². The van der Waals surface area contributed by atoms with E-state index in [1.54, 1.807) is 0 Å². The lowest BCUT2D eigenvalue weighted by atomic mass is 10.2. The molecular weight excluding hydrogens is 351 g/mol. The summed E-state index contributed by atoms with van der Waals surface area (Å²) in [5.41, 5.74) is 4.90. The van der Waals surface area contributed by atoms with Gasteiger partial charge in [0.05, 0.1) is 4.34 Å². The van der Waals surface area contributed by atoms with Gasteiger partial charge in [0.1, 0.15) is 15.3 Å². The fraction of sp³-hybridized carbons (Fsp3) is 0.333. The van der Waals surface area contributed by atoms with Crippen molar-refractivity contribution in [3.05, 3.63) is 14.7 Å². The minimum atomic E-state index is -4.15. The fourth-order valence-corrected chi connectivity index (χ4v) is 4.65. The Labute approximate surface area is 128 Å². The summed E-state index contributed by atoms with van der Waals surface area (Å²) in [4.78, 5) is 21.3. The highest BCUT2D eigenvalue weighted by molar-refractivity contribution is 7.89. The molecule has 0 saturated heterocycles. The monoisotopic (exact) mass is 360 g/mol. The lowest BCUT2D eigenvalue weighted by Crippen LogP contribution is -2.41. The van der Waals surface area contributed by atoms with Crippen LogP contribution in [0.4, 0.5) is 0 Å². The number of carbonyl (C=O) groups excluding carboxylic acids is 1. The Hall–Kier alpha value is -0.870. The van der Waals surface area contributed by atoms with Crippen LogP contribution in [0.5, 0.6) is 0 Å². The van der Waals surface area contributed by atoms with Gasteiger partial charge in [0, 0.05) is 6.42 Å². The molecular formula is C9H10Cl2N2O5S2. The maximum Gasteiger partial charge on any atom is 0.321 e. The number of nitrogens with two attached hydrogens (primary N) is 1. The van der Waals surface area contributed by atoms with Gasteiger partial charge in [-0.25, -0.2) is 8.42 Å². The molecule has 1 aromatic rings. The predicted octanol–water partition coefficient (Wildman–Crippen LogP) is 1.05. The number of nitrogens with one attached hydrogen (secondary N) is 1. The molecule has 0 aliphatic rings. The van der Waals surface area contributed by atoms with Crippen LogP contribution in [0.2, 0.25) is 8.67 Å². The number of thiophene rings is 1. The van der Waals surface area contributed by atoms with Crippen LogP contribution in [0.1, 0.15) is 12.8 Å². The Morgan fingerprint density at radius 2 is 2.05 bits per heavy atom. The number of carbonyl (C=O) groups is 2. The summed E-state index contributed by atoms with van der Waals surface area (Å²) in [5.74, 6) is -2.15. The van der Waals surface area contributed by atoms with Crippen molar-refractivity contribution in [2.24, 2.45) is 5.73 Å². The Kier molecular flexibility index (Phi) is 5.78. The minimum absolute atomic E-state index is 0.0819. The van der Waals surface area contributed by atoms with Crippen molar-refractivity contribution in [2.45, 2.75) is 23.8 Å².